The van der Waals surface area contributed by atoms with E-state index < -0.39 is 0 Å². The number of thiazole rings is 1. The Morgan fingerprint density at radius 3 is 2.52 bits per heavy atom. The van der Waals surface area contributed by atoms with Crippen molar-refractivity contribution < 1.29 is 9.59 Å². The van der Waals surface area contributed by atoms with Gasteiger partial charge in [-0.05, 0) is 51.0 Å². The minimum Gasteiger partial charge on any atom is -0.348 e. The highest BCUT2D eigenvalue weighted by Crippen LogP contribution is 2.29. The predicted octanol–water partition coefficient (Wildman–Crippen LogP) is 3.41. The number of ketones is 1. The summed E-state index contributed by atoms with van der Waals surface area (Å²) in [5, 5.41) is 4.13. The van der Waals surface area contributed by atoms with Crippen LogP contribution in [0, 0.1) is 0 Å². The summed E-state index contributed by atoms with van der Waals surface area (Å²) in [5.74, 6) is -0.133. The zero-order valence-electron chi connectivity index (χ0n) is 17.4. The number of Topliss-reactive ketones (excluding diaryl/α,β-unsaturated/α-hetero) is 1. The molecule has 1 aromatic carbocycles. The molecule has 1 aliphatic rings. The van der Waals surface area contributed by atoms with Gasteiger partial charge < -0.3 is 10.2 Å². The molecule has 0 unspecified atom stereocenters. The summed E-state index contributed by atoms with van der Waals surface area (Å²) in [7, 11) is 0. The number of hydrogen-bond donors (Lipinski definition) is 1. The number of nitrogens with zero attached hydrogens (tertiary/aromatic N) is 4. The van der Waals surface area contributed by atoms with Gasteiger partial charge in [-0.3, -0.25) is 19.0 Å². The summed E-state index contributed by atoms with van der Waals surface area (Å²) in [4.78, 5) is 48.1. The Kier molecular flexibility index (Phi) is 6.38. The Balaban J connectivity index is 1.49. The number of amides is 1. The van der Waals surface area contributed by atoms with Gasteiger partial charge in [0.1, 0.15) is 4.70 Å². The Bertz CT molecular complexity index is 1180. The van der Waals surface area contributed by atoms with Crippen LogP contribution in [0.15, 0.2) is 34.2 Å². The fourth-order valence-corrected chi connectivity index (χ4v) is 5.28. The SMILES string of the molecule is CCn1c(SCC(=O)Nc2ccc(C(C)=O)cc2)nc2nc(N3CCCC3)sc2c1=O. The highest BCUT2D eigenvalue weighted by molar-refractivity contribution is 7.99. The first-order chi connectivity index (χ1) is 15.0. The van der Waals surface area contributed by atoms with Gasteiger partial charge >= 0.3 is 0 Å². The van der Waals surface area contributed by atoms with Gasteiger partial charge in [-0.25, -0.2) is 4.98 Å². The number of rotatable bonds is 7. The number of benzene rings is 1. The second kappa shape index (κ2) is 9.19. The number of anilines is 2. The molecule has 1 aliphatic heterocycles. The number of fused-ring (bicyclic) bond motifs is 1. The van der Waals surface area contributed by atoms with Gasteiger partial charge in [-0.2, -0.15) is 4.98 Å². The first-order valence-corrected chi connectivity index (χ1v) is 12.0. The third kappa shape index (κ3) is 4.64. The molecule has 3 heterocycles. The first kappa shape index (κ1) is 21.5. The summed E-state index contributed by atoms with van der Waals surface area (Å²) in [6.45, 7) is 5.76. The second-order valence-electron chi connectivity index (χ2n) is 7.26. The van der Waals surface area contributed by atoms with Crippen molar-refractivity contribution in [2.24, 2.45) is 0 Å². The van der Waals surface area contributed by atoms with Gasteiger partial charge in [0.2, 0.25) is 5.91 Å². The van der Waals surface area contributed by atoms with Crippen LogP contribution in [0.4, 0.5) is 10.8 Å². The van der Waals surface area contributed by atoms with E-state index >= 15 is 0 Å². The van der Waals surface area contributed by atoms with Crippen LogP contribution >= 0.6 is 23.1 Å². The molecule has 0 atom stereocenters. The van der Waals surface area contributed by atoms with Crippen molar-refractivity contribution in [2.75, 3.05) is 29.1 Å². The molecular formula is C21H23N5O3S2. The van der Waals surface area contributed by atoms with Crippen molar-refractivity contribution in [3.05, 3.63) is 40.2 Å². The summed E-state index contributed by atoms with van der Waals surface area (Å²) < 4.78 is 2.15. The monoisotopic (exact) mass is 457 g/mol. The molecule has 0 radical (unpaired) electrons. The molecule has 0 spiro atoms. The third-order valence-corrected chi connectivity index (χ3v) is 7.14. The van der Waals surface area contributed by atoms with E-state index in [2.05, 4.69) is 20.2 Å². The molecule has 1 N–H and O–H groups in total. The van der Waals surface area contributed by atoms with E-state index in [1.54, 1.807) is 28.8 Å². The number of carbonyl (C=O) groups excluding carboxylic acids is 2. The van der Waals surface area contributed by atoms with E-state index in [4.69, 9.17) is 0 Å². The molecule has 3 aromatic rings. The van der Waals surface area contributed by atoms with Crippen molar-refractivity contribution in [1.29, 1.82) is 0 Å². The van der Waals surface area contributed by atoms with Gasteiger partial charge in [-0.15, -0.1) is 0 Å². The van der Waals surface area contributed by atoms with E-state index in [1.165, 1.54) is 30.0 Å². The highest BCUT2D eigenvalue weighted by Gasteiger charge is 2.20. The molecule has 8 nitrogen and oxygen atoms in total. The van der Waals surface area contributed by atoms with Crippen LogP contribution in [-0.4, -0.2) is 45.1 Å². The van der Waals surface area contributed by atoms with Crippen LogP contribution in [0.1, 0.15) is 37.0 Å². The van der Waals surface area contributed by atoms with Gasteiger partial charge in [0, 0.05) is 30.9 Å². The second-order valence-corrected chi connectivity index (χ2v) is 9.18. The molecule has 1 amide bonds. The van der Waals surface area contributed by atoms with Crippen LogP contribution in [0.2, 0.25) is 0 Å². The fourth-order valence-electron chi connectivity index (χ4n) is 3.42. The van der Waals surface area contributed by atoms with Gasteiger partial charge in [0.15, 0.2) is 21.7 Å². The molecule has 1 saturated heterocycles. The standard InChI is InChI=1S/C21H23N5O3S2/c1-3-26-19(29)17-18(23-20(31-17)25-10-4-5-11-25)24-21(26)30-12-16(28)22-15-8-6-14(7-9-15)13(2)27/h6-9H,3-5,10-12H2,1-2H3,(H,22,28). The zero-order valence-corrected chi connectivity index (χ0v) is 19.0. The topological polar surface area (TPSA) is 97.2 Å². The van der Waals surface area contributed by atoms with E-state index in [-0.39, 0.29) is 23.0 Å². The predicted molar refractivity (Wildman–Crippen MR) is 125 cm³/mol. The van der Waals surface area contributed by atoms with Crippen LogP contribution in [0.5, 0.6) is 0 Å². The number of nitrogens with one attached hydrogen (secondary N) is 1. The summed E-state index contributed by atoms with van der Waals surface area (Å²) in [6, 6.07) is 6.74. The molecule has 10 heteroatoms. The lowest BCUT2D eigenvalue weighted by molar-refractivity contribution is -0.113. The van der Waals surface area contributed by atoms with Gasteiger partial charge in [0.05, 0.1) is 5.75 Å². The van der Waals surface area contributed by atoms with Crippen molar-refractivity contribution in [2.45, 2.75) is 38.4 Å². The number of aromatic nitrogens is 3. The number of thioether (sulfide) groups is 1. The largest absolute Gasteiger partial charge is 0.348 e. The lowest BCUT2D eigenvalue weighted by Gasteiger charge is -2.11. The molecule has 162 valence electrons. The summed E-state index contributed by atoms with van der Waals surface area (Å²) >= 11 is 2.61. The number of hydrogen-bond acceptors (Lipinski definition) is 8. The average molecular weight is 458 g/mol. The minimum absolute atomic E-state index is 0.0256. The minimum atomic E-state index is -0.214. The van der Waals surface area contributed by atoms with Crippen molar-refractivity contribution in [3.63, 3.8) is 0 Å². The van der Waals surface area contributed by atoms with Crippen molar-refractivity contribution >= 4 is 56.0 Å². The molecular weight excluding hydrogens is 434 g/mol. The molecule has 0 bridgehead atoms. The molecule has 4 rings (SSSR count). The molecule has 0 saturated carbocycles. The molecule has 2 aromatic heterocycles. The van der Waals surface area contributed by atoms with Crippen LogP contribution in [0.3, 0.4) is 0 Å². The van der Waals surface area contributed by atoms with E-state index in [0.717, 1.165) is 31.1 Å². The smallest absolute Gasteiger partial charge is 0.273 e. The van der Waals surface area contributed by atoms with E-state index in [0.29, 0.717) is 33.3 Å². The maximum absolute atomic E-state index is 13.0. The Labute approximate surface area is 187 Å². The van der Waals surface area contributed by atoms with Crippen molar-refractivity contribution in [1.82, 2.24) is 14.5 Å². The molecule has 0 aliphatic carbocycles. The molecule has 1 fully saturated rings. The average Bonchev–Trinajstić information content (AvgIpc) is 3.42. The van der Waals surface area contributed by atoms with Crippen LogP contribution in [0.25, 0.3) is 10.3 Å². The van der Waals surface area contributed by atoms with Crippen molar-refractivity contribution in [3.8, 4) is 0 Å². The van der Waals surface area contributed by atoms with Crippen LogP contribution < -0.4 is 15.8 Å². The highest BCUT2D eigenvalue weighted by atomic mass is 32.2. The van der Waals surface area contributed by atoms with Gasteiger partial charge in [-0.1, -0.05) is 23.1 Å². The lowest BCUT2D eigenvalue weighted by atomic mass is 10.1. The Morgan fingerprint density at radius 1 is 1.16 bits per heavy atom. The maximum atomic E-state index is 13.0. The number of carbonyl (C=O) groups is 2. The van der Waals surface area contributed by atoms with E-state index in [9.17, 15) is 14.4 Å². The zero-order chi connectivity index (χ0) is 22.0. The lowest BCUT2D eigenvalue weighted by Crippen LogP contribution is -2.23. The Morgan fingerprint density at radius 2 is 1.87 bits per heavy atom. The first-order valence-electron chi connectivity index (χ1n) is 10.2. The third-order valence-electron chi connectivity index (χ3n) is 5.07. The fraction of sp³-hybridized carbons (Fsp3) is 0.381. The van der Waals surface area contributed by atoms with E-state index in [1.807, 2.05) is 6.92 Å². The summed E-state index contributed by atoms with van der Waals surface area (Å²) in [5.41, 5.74) is 1.54. The quantitative estimate of drug-likeness (QED) is 0.330. The van der Waals surface area contributed by atoms with Gasteiger partial charge in [0.25, 0.3) is 5.56 Å². The normalized spacial score (nSPS) is 13.7. The molecule has 31 heavy (non-hydrogen) atoms. The summed E-state index contributed by atoms with van der Waals surface area (Å²) in [6.07, 6.45) is 2.27. The maximum Gasteiger partial charge on any atom is 0.273 e. The Hall–Kier alpha value is -2.72. The van der Waals surface area contributed by atoms with Crippen LogP contribution in [-0.2, 0) is 11.3 Å².